The van der Waals surface area contributed by atoms with Crippen LogP contribution in [0.1, 0.15) is 6.42 Å². The Kier molecular flexibility index (Phi) is 4.70. The Balaban J connectivity index is 1.74. The molecule has 2 aliphatic rings. The molecule has 1 aromatic rings. The lowest BCUT2D eigenvalue weighted by Crippen LogP contribution is -2.29. The van der Waals surface area contributed by atoms with Gasteiger partial charge in [0.1, 0.15) is 12.4 Å². The molecular formula is C15H18FN3O5. The highest BCUT2D eigenvalue weighted by Gasteiger charge is 2.35. The number of halogens is 1. The summed E-state index contributed by atoms with van der Waals surface area (Å²) in [4.78, 5) is 25.7. The van der Waals surface area contributed by atoms with Crippen LogP contribution in [0.5, 0.6) is 0 Å². The van der Waals surface area contributed by atoms with Crippen LogP contribution in [0.25, 0.3) is 0 Å². The summed E-state index contributed by atoms with van der Waals surface area (Å²) < 4.78 is 29.3. The average Bonchev–Trinajstić information content (AvgIpc) is 2.74. The van der Waals surface area contributed by atoms with E-state index in [4.69, 9.17) is 15.2 Å². The van der Waals surface area contributed by atoms with Crippen LogP contribution in [0, 0.1) is 5.82 Å². The van der Waals surface area contributed by atoms with E-state index in [1.54, 1.807) is 12.1 Å². The van der Waals surface area contributed by atoms with Gasteiger partial charge in [0.2, 0.25) is 0 Å². The van der Waals surface area contributed by atoms with Gasteiger partial charge in [-0.25, -0.2) is 14.0 Å². The van der Waals surface area contributed by atoms with Crippen molar-refractivity contribution in [1.29, 1.82) is 0 Å². The van der Waals surface area contributed by atoms with E-state index < -0.39 is 24.3 Å². The van der Waals surface area contributed by atoms with Gasteiger partial charge in [-0.2, -0.15) is 0 Å². The smallest absolute Gasteiger partial charge is 0.407 e. The highest BCUT2D eigenvalue weighted by Crippen LogP contribution is 2.28. The zero-order chi connectivity index (χ0) is 17.1. The van der Waals surface area contributed by atoms with Crippen LogP contribution in [0.2, 0.25) is 0 Å². The third kappa shape index (κ3) is 3.51. The Morgan fingerprint density at radius 2 is 2.17 bits per heavy atom. The standard InChI is InChI=1S/C15H18FN3O5/c16-11-8-10(19-9-13(23-14(17)20)24-15(19)21)2-3-12(11)18-4-1-6-22-7-5-18/h2-3,8,13H,1,4-7,9H2,(H2,17,20). The first-order valence-electron chi connectivity index (χ1n) is 7.61. The summed E-state index contributed by atoms with van der Waals surface area (Å²) in [6.07, 6.45) is -2.04. The summed E-state index contributed by atoms with van der Waals surface area (Å²) in [5.74, 6) is -0.443. The van der Waals surface area contributed by atoms with Gasteiger partial charge in [0.25, 0.3) is 6.29 Å². The van der Waals surface area contributed by atoms with Gasteiger partial charge in [-0.15, -0.1) is 0 Å². The van der Waals surface area contributed by atoms with Gasteiger partial charge in [0.15, 0.2) is 0 Å². The molecule has 0 radical (unpaired) electrons. The van der Waals surface area contributed by atoms with E-state index in [2.05, 4.69) is 4.74 Å². The first-order chi connectivity index (χ1) is 11.5. The quantitative estimate of drug-likeness (QED) is 0.895. The highest BCUT2D eigenvalue weighted by molar-refractivity contribution is 5.90. The fourth-order valence-corrected chi connectivity index (χ4v) is 2.75. The second-order valence-corrected chi connectivity index (χ2v) is 5.45. The minimum Gasteiger partial charge on any atom is -0.407 e. The van der Waals surface area contributed by atoms with Crippen molar-refractivity contribution >= 4 is 23.6 Å². The Hall–Kier alpha value is -2.55. The SMILES string of the molecule is NC(=O)OC1CN(c2ccc(N3CCCOCC3)c(F)c2)C(=O)O1. The van der Waals surface area contributed by atoms with Gasteiger partial charge in [-0.05, 0) is 24.6 Å². The molecule has 0 aliphatic carbocycles. The van der Waals surface area contributed by atoms with Gasteiger partial charge in [-0.1, -0.05) is 0 Å². The summed E-state index contributed by atoms with van der Waals surface area (Å²) in [7, 11) is 0. The molecule has 9 heteroatoms. The lowest BCUT2D eigenvalue weighted by molar-refractivity contribution is -0.0256. The molecule has 130 valence electrons. The van der Waals surface area contributed by atoms with Crippen molar-refractivity contribution < 1.29 is 28.2 Å². The first kappa shape index (κ1) is 16.3. The highest BCUT2D eigenvalue weighted by atomic mass is 19.1. The van der Waals surface area contributed by atoms with Crippen molar-refractivity contribution in [3.63, 3.8) is 0 Å². The number of primary amides is 1. The van der Waals surface area contributed by atoms with Crippen LogP contribution in [-0.2, 0) is 14.2 Å². The molecule has 0 aromatic heterocycles. The van der Waals surface area contributed by atoms with Crippen LogP contribution in [0.3, 0.4) is 0 Å². The maximum Gasteiger partial charge on any atom is 0.417 e. The van der Waals surface area contributed by atoms with Gasteiger partial charge in [0, 0.05) is 19.7 Å². The number of nitrogens with two attached hydrogens (primary N) is 1. The van der Waals surface area contributed by atoms with Crippen LogP contribution in [0.4, 0.5) is 25.4 Å². The molecule has 2 N–H and O–H groups in total. The Labute approximate surface area is 137 Å². The molecule has 0 saturated carbocycles. The monoisotopic (exact) mass is 339 g/mol. The summed E-state index contributed by atoms with van der Waals surface area (Å²) in [6, 6.07) is 4.50. The second kappa shape index (κ2) is 6.91. The molecule has 2 fully saturated rings. The summed E-state index contributed by atoms with van der Waals surface area (Å²) in [5.41, 5.74) is 5.68. The summed E-state index contributed by atoms with van der Waals surface area (Å²) in [6.45, 7) is 2.48. The lowest BCUT2D eigenvalue weighted by Gasteiger charge is -2.23. The van der Waals surface area contributed by atoms with Crippen LogP contribution >= 0.6 is 0 Å². The normalized spacial score (nSPS) is 21.4. The number of carbonyl (C=O) groups is 2. The fraction of sp³-hybridized carbons (Fsp3) is 0.467. The van der Waals surface area contributed by atoms with Crippen molar-refractivity contribution in [1.82, 2.24) is 0 Å². The van der Waals surface area contributed by atoms with E-state index in [0.717, 1.165) is 6.42 Å². The van der Waals surface area contributed by atoms with E-state index in [9.17, 15) is 14.0 Å². The molecule has 8 nitrogen and oxygen atoms in total. The van der Waals surface area contributed by atoms with Crippen LogP contribution < -0.4 is 15.5 Å². The maximum absolute atomic E-state index is 14.5. The van der Waals surface area contributed by atoms with E-state index in [0.29, 0.717) is 37.7 Å². The molecule has 0 spiro atoms. The Morgan fingerprint density at radius 1 is 1.33 bits per heavy atom. The zero-order valence-corrected chi connectivity index (χ0v) is 12.9. The Morgan fingerprint density at radius 3 is 2.92 bits per heavy atom. The third-order valence-electron chi connectivity index (χ3n) is 3.84. The number of rotatable bonds is 3. The largest absolute Gasteiger partial charge is 0.417 e. The minimum absolute atomic E-state index is 0.0435. The van der Waals surface area contributed by atoms with Gasteiger partial charge in [-0.3, -0.25) is 4.90 Å². The predicted octanol–water partition coefficient (Wildman–Crippen LogP) is 1.43. The van der Waals surface area contributed by atoms with E-state index in [1.165, 1.54) is 11.0 Å². The van der Waals surface area contributed by atoms with Crippen LogP contribution in [-0.4, -0.2) is 51.3 Å². The third-order valence-corrected chi connectivity index (χ3v) is 3.84. The fourth-order valence-electron chi connectivity index (χ4n) is 2.75. The van der Waals surface area contributed by atoms with E-state index >= 15 is 0 Å². The van der Waals surface area contributed by atoms with Crippen molar-refractivity contribution in [2.45, 2.75) is 12.7 Å². The molecule has 2 heterocycles. The number of carbonyl (C=O) groups excluding carboxylic acids is 2. The molecule has 1 aromatic carbocycles. The number of nitrogens with zero attached hydrogens (tertiary/aromatic N) is 2. The van der Waals surface area contributed by atoms with Gasteiger partial charge < -0.3 is 24.8 Å². The lowest BCUT2D eigenvalue weighted by atomic mass is 10.2. The average molecular weight is 339 g/mol. The Bertz CT molecular complexity index is 634. The molecular weight excluding hydrogens is 321 g/mol. The number of hydrogen-bond donors (Lipinski definition) is 1. The topological polar surface area (TPSA) is 94.3 Å². The summed E-state index contributed by atoms with van der Waals surface area (Å²) in [5, 5.41) is 0. The van der Waals surface area contributed by atoms with Gasteiger partial charge in [0.05, 0.1) is 18.0 Å². The minimum atomic E-state index is -1.10. The molecule has 24 heavy (non-hydrogen) atoms. The van der Waals surface area contributed by atoms with Crippen molar-refractivity contribution in [2.24, 2.45) is 5.73 Å². The number of hydrogen-bond acceptors (Lipinski definition) is 6. The molecule has 1 atom stereocenters. The number of ether oxygens (including phenoxy) is 3. The van der Waals surface area contributed by atoms with Crippen LogP contribution in [0.15, 0.2) is 18.2 Å². The van der Waals surface area contributed by atoms with Crippen molar-refractivity contribution in [2.75, 3.05) is 42.6 Å². The molecule has 3 rings (SSSR count). The van der Waals surface area contributed by atoms with Crippen molar-refractivity contribution in [3.8, 4) is 0 Å². The zero-order valence-electron chi connectivity index (χ0n) is 12.9. The predicted molar refractivity (Wildman–Crippen MR) is 82.3 cm³/mol. The van der Waals surface area contributed by atoms with E-state index in [1.807, 2.05) is 4.90 Å². The maximum atomic E-state index is 14.5. The molecule has 2 saturated heterocycles. The second-order valence-electron chi connectivity index (χ2n) is 5.45. The molecule has 1 unspecified atom stereocenters. The first-order valence-corrected chi connectivity index (χ1v) is 7.61. The number of benzene rings is 1. The number of anilines is 2. The number of amides is 2. The van der Waals surface area contributed by atoms with Gasteiger partial charge >= 0.3 is 12.2 Å². The van der Waals surface area contributed by atoms with E-state index in [-0.39, 0.29) is 6.54 Å². The summed E-state index contributed by atoms with van der Waals surface area (Å²) >= 11 is 0. The molecule has 2 amide bonds. The molecule has 0 bridgehead atoms. The van der Waals surface area contributed by atoms with Crippen molar-refractivity contribution in [3.05, 3.63) is 24.0 Å². The number of cyclic esters (lactones) is 1. The molecule has 2 aliphatic heterocycles.